The number of amides is 1. The summed E-state index contributed by atoms with van der Waals surface area (Å²) in [6.45, 7) is 3.76. The summed E-state index contributed by atoms with van der Waals surface area (Å²) in [5.74, 6) is -0.368. The topological polar surface area (TPSA) is 42.0 Å². The number of nitrogens with one attached hydrogen (secondary N) is 1. The number of halogens is 1. The van der Waals surface area contributed by atoms with Gasteiger partial charge in [-0.1, -0.05) is 44.2 Å². The molecule has 1 aromatic heterocycles. The van der Waals surface area contributed by atoms with Gasteiger partial charge in [-0.25, -0.2) is 4.39 Å². The number of carbonyl (C=O) groups is 1. The Morgan fingerprint density at radius 1 is 1.08 bits per heavy atom. The average Bonchev–Trinajstić information content (AvgIpc) is 2.57. The number of hydrogen-bond acceptors (Lipinski definition) is 2. The van der Waals surface area contributed by atoms with Gasteiger partial charge >= 0.3 is 0 Å². The largest absolute Gasteiger partial charge is 0.324 e. The molecule has 1 N–H and O–H groups in total. The van der Waals surface area contributed by atoms with E-state index in [-0.39, 0.29) is 11.7 Å². The summed E-state index contributed by atoms with van der Waals surface area (Å²) in [5.41, 5.74) is 1.76. The molecule has 1 amide bonds. The number of anilines is 1. The maximum absolute atomic E-state index is 13.0. The molecule has 0 aliphatic rings. The number of carbonyl (C=O) groups excluding carboxylic acids is 1. The molecule has 0 unspecified atom stereocenters. The van der Waals surface area contributed by atoms with Crippen molar-refractivity contribution in [2.24, 2.45) is 5.41 Å². The van der Waals surface area contributed by atoms with Crippen LogP contribution in [0.25, 0.3) is 10.9 Å². The Kier molecular flexibility index (Phi) is 4.30. The molecule has 3 nitrogen and oxygen atoms in total. The highest BCUT2D eigenvalue weighted by molar-refractivity contribution is 6.02. The predicted octanol–water partition coefficient (Wildman–Crippen LogP) is 4.58. The molecule has 2 aromatic carbocycles. The molecule has 0 aliphatic heterocycles. The maximum atomic E-state index is 13.0. The van der Waals surface area contributed by atoms with Gasteiger partial charge in [0, 0.05) is 17.0 Å². The van der Waals surface area contributed by atoms with Crippen LogP contribution in [0.4, 0.5) is 10.1 Å². The number of benzene rings is 2. The molecule has 0 saturated heterocycles. The Balaban J connectivity index is 1.81. The van der Waals surface area contributed by atoms with E-state index in [1.54, 1.807) is 18.3 Å². The fourth-order valence-corrected chi connectivity index (χ4v) is 2.69. The lowest BCUT2D eigenvalue weighted by molar-refractivity contribution is -0.123. The fraction of sp³-hybridized carbons (Fsp3) is 0.200. The summed E-state index contributed by atoms with van der Waals surface area (Å²) < 4.78 is 13.0. The van der Waals surface area contributed by atoms with Crippen molar-refractivity contribution in [1.82, 2.24) is 4.98 Å². The first-order chi connectivity index (χ1) is 11.5. The van der Waals surface area contributed by atoms with Crippen LogP contribution in [0.5, 0.6) is 0 Å². The SMILES string of the molecule is CC(C)(Cc1ccc(F)cc1)C(=O)Nc1cccc2cccnc12. The molecule has 3 rings (SSSR count). The van der Waals surface area contributed by atoms with Crippen molar-refractivity contribution in [3.05, 3.63) is 72.2 Å². The van der Waals surface area contributed by atoms with Crippen molar-refractivity contribution in [2.75, 3.05) is 5.32 Å². The van der Waals surface area contributed by atoms with Crippen LogP contribution < -0.4 is 5.32 Å². The van der Waals surface area contributed by atoms with Gasteiger partial charge in [0.1, 0.15) is 5.82 Å². The molecule has 0 aliphatic carbocycles. The smallest absolute Gasteiger partial charge is 0.230 e. The molecule has 24 heavy (non-hydrogen) atoms. The van der Waals surface area contributed by atoms with Gasteiger partial charge in [-0.3, -0.25) is 9.78 Å². The Labute approximate surface area is 140 Å². The minimum atomic E-state index is -0.630. The second-order valence-corrected chi connectivity index (χ2v) is 6.52. The molecule has 0 bridgehead atoms. The number of para-hydroxylation sites is 1. The molecule has 0 fully saturated rings. The maximum Gasteiger partial charge on any atom is 0.230 e. The number of aromatic nitrogens is 1. The van der Waals surface area contributed by atoms with Gasteiger partial charge < -0.3 is 5.32 Å². The van der Waals surface area contributed by atoms with Crippen molar-refractivity contribution >= 4 is 22.5 Å². The van der Waals surface area contributed by atoms with Crippen molar-refractivity contribution in [1.29, 1.82) is 0 Å². The Morgan fingerprint density at radius 3 is 2.54 bits per heavy atom. The molecule has 1 heterocycles. The third-order valence-corrected chi connectivity index (χ3v) is 4.05. The van der Waals surface area contributed by atoms with Crippen LogP contribution in [-0.4, -0.2) is 10.9 Å². The van der Waals surface area contributed by atoms with Gasteiger partial charge in [0.25, 0.3) is 0 Å². The van der Waals surface area contributed by atoms with E-state index in [1.807, 2.05) is 44.2 Å². The van der Waals surface area contributed by atoms with Crippen molar-refractivity contribution in [3.63, 3.8) is 0 Å². The molecule has 0 radical (unpaired) electrons. The molecular formula is C20H19FN2O. The van der Waals surface area contributed by atoms with Crippen LogP contribution in [0.2, 0.25) is 0 Å². The normalized spacial score (nSPS) is 11.5. The monoisotopic (exact) mass is 322 g/mol. The van der Waals surface area contributed by atoms with E-state index >= 15 is 0 Å². The van der Waals surface area contributed by atoms with E-state index in [4.69, 9.17) is 0 Å². The summed E-state index contributed by atoms with van der Waals surface area (Å²) in [7, 11) is 0. The lowest BCUT2D eigenvalue weighted by Gasteiger charge is -2.24. The van der Waals surface area contributed by atoms with Gasteiger partial charge in [-0.2, -0.15) is 0 Å². The average molecular weight is 322 g/mol. The van der Waals surface area contributed by atoms with Gasteiger partial charge in [-0.15, -0.1) is 0 Å². The van der Waals surface area contributed by atoms with Crippen LogP contribution in [0.1, 0.15) is 19.4 Å². The first kappa shape index (κ1) is 16.1. The highest BCUT2D eigenvalue weighted by Crippen LogP contribution is 2.27. The molecular weight excluding hydrogens is 303 g/mol. The molecule has 0 spiro atoms. The van der Waals surface area contributed by atoms with E-state index in [9.17, 15) is 9.18 Å². The first-order valence-electron chi connectivity index (χ1n) is 7.85. The number of rotatable bonds is 4. The highest BCUT2D eigenvalue weighted by atomic mass is 19.1. The highest BCUT2D eigenvalue weighted by Gasteiger charge is 2.28. The Bertz CT molecular complexity index is 867. The zero-order chi connectivity index (χ0) is 17.2. The summed E-state index contributed by atoms with van der Waals surface area (Å²) in [6.07, 6.45) is 2.24. The molecule has 4 heteroatoms. The first-order valence-corrected chi connectivity index (χ1v) is 7.85. The Morgan fingerprint density at radius 2 is 1.79 bits per heavy atom. The molecule has 0 saturated carbocycles. The van der Waals surface area contributed by atoms with E-state index < -0.39 is 5.41 Å². The summed E-state index contributed by atoms with van der Waals surface area (Å²) >= 11 is 0. The molecule has 0 atom stereocenters. The van der Waals surface area contributed by atoms with Gasteiger partial charge in [0.15, 0.2) is 0 Å². The van der Waals surface area contributed by atoms with E-state index in [0.717, 1.165) is 16.5 Å². The lowest BCUT2D eigenvalue weighted by Crippen LogP contribution is -2.32. The van der Waals surface area contributed by atoms with E-state index in [1.165, 1.54) is 12.1 Å². The number of nitrogens with zero attached hydrogens (tertiary/aromatic N) is 1. The van der Waals surface area contributed by atoms with E-state index in [2.05, 4.69) is 10.3 Å². The zero-order valence-electron chi connectivity index (χ0n) is 13.7. The van der Waals surface area contributed by atoms with Crippen LogP contribution in [0.3, 0.4) is 0 Å². The molecule has 3 aromatic rings. The van der Waals surface area contributed by atoms with Gasteiger partial charge in [-0.05, 0) is 36.2 Å². The van der Waals surface area contributed by atoms with Crippen LogP contribution in [-0.2, 0) is 11.2 Å². The van der Waals surface area contributed by atoms with Gasteiger partial charge in [0.05, 0.1) is 11.2 Å². The minimum absolute atomic E-state index is 0.0926. The van der Waals surface area contributed by atoms with Crippen LogP contribution in [0, 0.1) is 11.2 Å². The van der Waals surface area contributed by atoms with Crippen LogP contribution >= 0.6 is 0 Å². The van der Waals surface area contributed by atoms with Crippen molar-refractivity contribution in [2.45, 2.75) is 20.3 Å². The van der Waals surface area contributed by atoms with Crippen LogP contribution in [0.15, 0.2) is 60.8 Å². The molecule has 122 valence electrons. The summed E-state index contributed by atoms with van der Waals surface area (Å²) in [4.78, 5) is 17.1. The quantitative estimate of drug-likeness (QED) is 0.764. The summed E-state index contributed by atoms with van der Waals surface area (Å²) in [6, 6.07) is 15.8. The number of pyridine rings is 1. The third kappa shape index (κ3) is 3.43. The van der Waals surface area contributed by atoms with Crippen molar-refractivity contribution in [3.8, 4) is 0 Å². The fourth-order valence-electron chi connectivity index (χ4n) is 2.69. The van der Waals surface area contributed by atoms with E-state index in [0.29, 0.717) is 12.1 Å². The summed E-state index contributed by atoms with van der Waals surface area (Å²) in [5, 5.41) is 3.96. The Hall–Kier alpha value is -2.75. The number of hydrogen-bond donors (Lipinski definition) is 1. The third-order valence-electron chi connectivity index (χ3n) is 4.05. The second kappa shape index (κ2) is 6.40. The van der Waals surface area contributed by atoms with Gasteiger partial charge in [0.2, 0.25) is 5.91 Å². The lowest BCUT2D eigenvalue weighted by atomic mass is 9.84. The minimum Gasteiger partial charge on any atom is -0.324 e. The second-order valence-electron chi connectivity index (χ2n) is 6.52. The number of fused-ring (bicyclic) bond motifs is 1. The zero-order valence-corrected chi connectivity index (χ0v) is 13.7. The van der Waals surface area contributed by atoms with Crippen molar-refractivity contribution < 1.29 is 9.18 Å². The predicted molar refractivity (Wildman–Crippen MR) is 94.3 cm³/mol. The standard InChI is InChI=1S/C20H19FN2O/c1-20(2,13-14-8-10-16(21)11-9-14)19(24)23-17-7-3-5-15-6-4-12-22-18(15)17/h3-12H,13H2,1-2H3,(H,23,24).